The average molecular weight is 304 g/mol. The van der Waals surface area contributed by atoms with Crippen LogP contribution in [-0.4, -0.2) is 42.7 Å². The highest BCUT2D eigenvalue weighted by atomic mass is 19.4. The van der Waals surface area contributed by atoms with Crippen molar-refractivity contribution in [3.63, 3.8) is 0 Å². The van der Waals surface area contributed by atoms with Crippen molar-refractivity contribution < 1.29 is 22.7 Å². The van der Waals surface area contributed by atoms with E-state index in [9.17, 15) is 18.0 Å². The Balaban J connectivity index is 2.57. The maximum atomic E-state index is 12.7. The second-order valence-electron chi connectivity index (χ2n) is 5.04. The Bertz CT molecular complexity index is 501. The van der Waals surface area contributed by atoms with Crippen molar-refractivity contribution in [3.8, 4) is 5.75 Å². The molecule has 0 heterocycles. The molecular weight excluding hydrogens is 285 g/mol. The lowest BCUT2D eigenvalue weighted by atomic mass is 10.0. The number of rotatable bonds is 5. The van der Waals surface area contributed by atoms with Crippen LogP contribution in [0.5, 0.6) is 5.75 Å². The van der Waals surface area contributed by atoms with Gasteiger partial charge in [0.1, 0.15) is 12.4 Å². The van der Waals surface area contributed by atoms with E-state index in [4.69, 9.17) is 10.5 Å². The van der Waals surface area contributed by atoms with Crippen molar-refractivity contribution >= 4 is 5.91 Å². The minimum atomic E-state index is -4.80. The fraction of sp³-hybridized carbons (Fsp3) is 0.500. The van der Waals surface area contributed by atoms with Crippen LogP contribution < -0.4 is 10.5 Å². The number of nitrogens with zero attached hydrogens (tertiary/aromatic N) is 1. The van der Waals surface area contributed by atoms with Crippen molar-refractivity contribution in [2.75, 3.05) is 20.2 Å². The van der Waals surface area contributed by atoms with Crippen LogP contribution in [0.25, 0.3) is 0 Å². The van der Waals surface area contributed by atoms with Crippen LogP contribution in [0.15, 0.2) is 24.3 Å². The molecular formula is C14H19F3N2O2. The number of hydrogen-bond acceptors (Lipinski definition) is 3. The monoisotopic (exact) mass is 304 g/mol. The Morgan fingerprint density at radius 3 is 2.43 bits per heavy atom. The molecule has 1 aromatic carbocycles. The Morgan fingerprint density at radius 1 is 1.33 bits per heavy atom. The maximum Gasteiger partial charge on any atom is 0.415 e. The molecule has 0 aliphatic carbocycles. The summed E-state index contributed by atoms with van der Waals surface area (Å²) in [6.45, 7) is 2.61. The molecule has 0 fully saturated rings. The number of halogens is 3. The van der Waals surface area contributed by atoms with Crippen LogP contribution in [-0.2, 0) is 4.79 Å². The van der Waals surface area contributed by atoms with Crippen molar-refractivity contribution in [3.05, 3.63) is 29.8 Å². The van der Waals surface area contributed by atoms with E-state index < -0.39 is 17.6 Å². The SMILES string of the molecule is Cc1ccccc1OCCN(C)C(=O)C(C)(N)C(F)(F)F. The molecule has 118 valence electrons. The van der Waals surface area contributed by atoms with Gasteiger partial charge in [-0.3, -0.25) is 4.79 Å². The van der Waals surface area contributed by atoms with E-state index in [1.165, 1.54) is 7.05 Å². The van der Waals surface area contributed by atoms with E-state index in [0.717, 1.165) is 10.5 Å². The van der Waals surface area contributed by atoms with E-state index in [1.54, 1.807) is 12.1 Å². The van der Waals surface area contributed by atoms with Gasteiger partial charge >= 0.3 is 6.18 Å². The first kappa shape index (κ1) is 17.3. The summed E-state index contributed by atoms with van der Waals surface area (Å²) in [5.41, 5.74) is 3.10. The number of carbonyl (C=O) groups is 1. The van der Waals surface area contributed by atoms with E-state index in [0.29, 0.717) is 12.7 Å². The van der Waals surface area contributed by atoms with E-state index >= 15 is 0 Å². The van der Waals surface area contributed by atoms with E-state index in [1.807, 2.05) is 19.1 Å². The zero-order valence-electron chi connectivity index (χ0n) is 12.2. The molecule has 1 aromatic rings. The number of likely N-dealkylation sites (N-methyl/N-ethyl adjacent to an activating group) is 1. The zero-order valence-corrected chi connectivity index (χ0v) is 12.2. The normalized spacial score (nSPS) is 14.4. The van der Waals surface area contributed by atoms with Gasteiger partial charge in [-0.2, -0.15) is 13.2 Å². The summed E-state index contributed by atoms with van der Waals surface area (Å²) in [6.07, 6.45) is -4.80. The first-order valence-electron chi connectivity index (χ1n) is 6.37. The number of alkyl halides is 3. The van der Waals surface area contributed by atoms with Gasteiger partial charge in [-0.05, 0) is 25.5 Å². The molecule has 0 bridgehead atoms. The van der Waals surface area contributed by atoms with Gasteiger partial charge in [-0.15, -0.1) is 0 Å². The second kappa shape index (κ2) is 6.34. The summed E-state index contributed by atoms with van der Waals surface area (Å²) in [7, 11) is 1.26. The lowest BCUT2D eigenvalue weighted by Gasteiger charge is -2.30. The number of amides is 1. The number of nitrogens with two attached hydrogens (primary N) is 1. The van der Waals surface area contributed by atoms with Gasteiger partial charge < -0.3 is 15.4 Å². The molecule has 0 spiro atoms. The van der Waals surface area contributed by atoms with E-state index in [2.05, 4.69) is 0 Å². The van der Waals surface area contributed by atoms with Gasteiger partial charge in [0.05, 0.1) is 6.54 Å². The third kappa shape index (κ3) is 4.10. The number of para-hydroxylation sites is 1. The summed E-state index contributed by atoms with van der Waals surface area (Å²) >= 11 is 0. The molecule has 0 aliphatic rings. The number of carbonyl (C=O) groups excluding carboxylic acids is 1. The minimum Gasteiger partial charge on any atom is -0.491 e. The topological polar surface area (TPSA) is 55.6 Å². The number of ether oxygens (including phenoxy) is 1. The third-order valence-electron chi connectivity index (χ3n) is 3.16. The average Bonchev–Trinajstić information content (AvgIpc) is 2.38. The maximum absolute atomic E-state index is 12.7. The Hall–Kier alpha value is -1.76. The Kier molecular flexibility index (Phi) is 5.22. The molecule has 1 unspecified atom stereocenters. The molecule has 2 N–H and O–H groups in total. The molecule has 0 radical (unpaired) electrons. The predicted molar refractivity (Wildman–Crippen MR) is 73.0 cm³/mol. The van der Waals surface area contributed by atoms with Crippen LogP contribution in [0.2, 0.25) is 0 Å². The van der Waals surface area contributed by atoms with Gasteiger partial charge in [0.25, 0.3) is 5.91 Å². The standard InChI is InChI=1S/C14H19F3N2O2/c1-10-6-4-5-7-11(10)21-9-8-19(3)12(20)13(2,18)14(15,16)17/h4-7H,8-9,18H2,1-3H3. The first-order chi connectivity index (χ1) is 9.57. The van der Waals surface area contributed by atoms with Crippen LogP contribution in [0, 0.1) is 6.92 Å². The predicted octanol–water partition coefficient (Wildman–Crippen LogP) is 2.11. The van der Waals surface area contributed by atoms with Crippen molar-refractivity contribution in [2.24, 2.45) is 5.73 Å². The first-order valence-corrected chi connectivity index (χ1v) is 6.37. The highest BCUT2D eigenvalue weighted by Crippen LogP contribution is 2.29. The van der Waals surface area contributed by atoms with E-state index in [-0.39, 0.29) is 13.2 Å². The van der Waals surface area contributed by atoms with Crippen LogP contribution in [0.3, 0.4) is 0 Å². The van der Waals surface area contributed by atoms with Crippen molar-refractivity contribution in [1.82, 2.24) is 4.90 Å². The molecule has 0 aromatic heterocycles. The Morgan fingerprint density at radius 2 is 1.90 bits per heavy atom. The molecule has 1 rings (SSSR count). The molecule has 7 heteroatoms. The van der Waals surface area contributed by atoms with Gasteiger partial charge in [-0.1, -0.05) is 18.2 Å². The van der Waals surface area contributed by atoms with Crippen LogP contribution in [0.4, 0.5) is 13.2 Å². The molecule has 21 heavy (non-hydrogen) atoms. The highest BCUT2D eigenvalue weighted by molar-refractivity contribution is 5.86. The summed E-state index contributed by atoms with van der Waals surface area (Å²) in [6, 6.07) is 7.24. The number of hydrogen-bond donors (Lipinski definition) is 1. The van der Waals surface area contributed by atoms with Gasteiger partial charge in [0, 0.05) is 7.05 Å². The van der Waals surface area contributed by atoms with Crippen molar-refractivity contribution in [2.45, 2.75) is 25.6 Å². The van der Waals surface area contributed by atoms with Crippen molar-refractivity contribution in [1.29, 1.82) is 0 Å². The smallest absolute Gasteiger partial charge is 0.415 e. The summed E-state index contributed by atoms with van der Waals surface area (Å²) in [4.78, 5) is 12.7. The molecule has 4 nitrogen and oxygen atoms in total. The molecule has 1 atom stereocenters. The largest absolute Gasteiger partial charge is 0.491 e. The highest BCUT2D eigenvalue weighted by Gasteiger charge is 2.54. The van der Waals surface area contributed by atoms with Gasteiger partial charge in [0.15, 0.2) is 5.54 Å². The van der Waals surface area contributed by atoms with Gasteiger partial charge in [0.2, 0.25) is 0 Å². The number of benzene rings is 1. The molecule has 0 aliphatic heterocycles. The third-order valence-corrected chi connectivity index (χ3v) is 3.16. The molecule has 0 saturated heterocycles. The fourth-order valence-corrected chi connectivity index (χ4v) is 1.63. The Labute approximate surface area is 121 Å². The van der Waals surface area contributed by atoms with Gasteiger partial charge in [-0.25, -0.2) is 0 Å². The quantitative estimate of drug-likeness (QED) is 0.906. The fourth-order valence-electron chi connectivity index (χ4n) is 1.63. The lowest BCUT2D eigenvalue weighted by molar-refractivity contribution is -0.193. The molecule has 0 saturated carbocycles. The van der Waals surface area contributed by atoms with Crippen LogP contribution >= 0.6 is 0 Å². The summed E-state index contributed by atoms with van der Waals surface area (Å²) in [5.74, 6) is -0.562. The summed E-state index contributed by atoms with van der Waals surface area (Å²) < 4.78 is 43.5. The van der Waals surface area contributed by atoms with Crippen LogP contribution in [0.1, 0.15) is 12.5 Å². The lowest BCUT2D eigenvalue weighted by Crippen LogP contribution is -2.61. The summed E-state index contributed by atoms with van der Waals surface area (Å²) in [5, 5.41) is 0. The molecule has 1 amide bonds. The number of aryl methyl sites for hydroxylation is 1. The minimum absolute atomic E-state index is 0.00996. The zero-order chi connectivity index (χ0) is 16.3. The second-order valence-corrected chi connectivity index (χ2v) is 5.04.